The van der Waals surface area contributed by atoms with Crippen molar-refractivity contribution in [3.8, 4) is 21.7 Å². The van der Waals surface area contributed by atoms with Crippen LogP contribution in [0.3, 0.4) is 0 Å². The molecule has 0 aliphatic carbocycles. The van der Waals surface area contributed by atoms with E-state index >= 15 is 13.2 Å². The highest BCUT2D eigenvalue weighted by Crippen LogP contribution is 2.57. The van der Waals surface area contributed by atoms with E-state index in [1.165, 1.54) is 17.5 Å². The van der Waals surface area contributed by atoms with E-state index in [9.17, 15) is 5.11 Å². The molecule has 0 fully saturated rings. The Morgan fingerprint density at radius 1 is 0.900 bits per heavy atom. The van der Waals surface area contributed by atoms with E-state index in [-0.39, 0.29) is 23.2 Å². The van der Waals surface area contributed by atoms with Gasteiger partial charge in [-0.15, -0.1) is 11.3 Å². The lowest BCUT2D eigenvalue weighted by Gasteiger charge is -2.46. The average Bonchev–Trinajstić information content (AvgIpc) is 3.37. The van der Waals surface area contributed by atoms with Gasteiger partial charge in [-0.1, -0.05) is 81.9 Å². The highest BCUT2D eigenvalue weighted by atomic mass is 32.1. The minimum Gasteiger partial charge on any atom is -0.506 e. The van der Waals surface area contributed by atoms with Crippen molar-refractivity contribution in [3.05, 3.63) is 113 Å². The van der Waals surface area contributed by atoms with Crippen LogP contribution in [-0.4, -0.2) is 18.8 Å². The van der Waals surface area contributed by atoms with Crippen molar-refractivity contribution in [1.82, 2.24) is 0 Å². The van der Waals surface area contributed by atoms with Crippen LogP contribution in [0, 0.1) is 20.8 Å². The van der Waals surface area contributed by atoms with Crippen LogP contribution in [0.15, 0.2) is 79.2 Å². The van der Waals surface area contributed by atoms with Gasteiger partial charge in [-0.2, -0.15) is 17.7 Å². The number of hydrogen-bond donors (Lipinski definition) is 1. The molecule has 0 amide bonds. The molecule has 0 bridgehead atoms. The van der Waals surface area contributed by atoms with Crippen molar-refractivity contribution in [2.75, 3.05) is 13.7 Å². The van der Waals surface area contributed by atoms with Gasteiger partial charge in [-0.25, -0.2) is 0 Å². The standard InChI is InChI=1S/C43H42F3NO2S/c1-23-19-27-15-11-12-16-28(27)24(2)34(23)38-25(3)35-33(43(44,45)46)21-47-37(39(35)50-38)31-20-32(40(5,6)7)29-17-13-14-18-30(29)36(31)41(8,22-49-10)42(47,9)26(4)48/h11-21H,4,22H2,1-3,5-10H3/p+1. The molecule has 1 N–H and O–H groups in total. The summed E-state index contributed by atoms with van der Waals surface area (Å²) in [5, 5.41) is 16.1. The van der Waals surface area contributed by atoms with Crippen molar-refractivity contribution in [1.29, 1.82) is 0 Å². The van der Waals surface area contributed by atoms with Gasteiger partial charge < -0.3 is 9.84 Å². The predicted molar refractivity (Wildman–Crippen MR) is 200 cm³/mol. The van der Waals surface area contributed by atoms with Crippen LogP contribution in [0.1, 0.15) is 68.0 Å². The average molecular weight is 695 g/mol. The van der Waals surface area contributed by atoms with Crippen LogP contribution < -0.4 is 4.57 Å². The van der Waals surface area contributed by atoms with Gasteiger partial charge in [0.1, 0.15) is 10.3 Å². The third-order valence-electron chi connectivity index (χ3n) is 11.4. The second-order valence-electron chi connectivity index (χ2n) is 15.4. The molecule has 3 nitrogen and oxygen atoms in total. The number of rotatable bonds is 4. The normalized spacial score (nSPS) is 19.3. The van der Waals surface area contributed by atoms with Crippen LogP contribution in [0.4, 0.5) is 13.2 Å². The molecule has 7 rings (SSSR count). The Morgan fingerprint density at radius 3 is 2.12 bits per heavy atom. The van der Waals surface area contributed by atoms with E-state index in [4.69, 9.17) is 4.74 Å². The van der Waals surface area contributed by atoms with Crippen LogP contribution in [0.2, 0.25) is 0 Å². The Labute approximate surface area is 295 Å². The molecular weight excluding hydrogens is 652 g/mol. The van der Waals surface area contributed by atoms with Gasteiger partial charge >= 0.3 is 6.18 Å². The van der Waals surface area contributed by atoms with Gasteiger partial charge in [0.15, 0.2) is 12.0 Å². The van der Waals surface area contributed by atoms with Crippen molar-refractivity contribution in [3.63, 3.8) is 0 Å². The lowest BCUT2D eigenvalue weighted by Crippen LogP contribution is -2.70. The first-order chi connectivity index (χ1) is 23.4. The van der Waals surface area contributed by atoms with Gasteiger partial charge in [0.25, 0.3) is 0 Å². The number of methoxy groups -OCH3 is 1. The first-order valence-corrected chi connectivity index (χ1v) is 17.7. The molecule has 0 saturated heterocycles. The number of aromatic nitrogens is 1. The fraction of sp³-hybridized carbons (Fsp3) is 0.326. The lowest BCUT2D eigenvalue weighted by molar-refractivity contribution is -0.757. The summed E-state index contributed by atoms with van der Waals surface area (Å²) in [6, 6.07) is 20.6. The van der Waals surface area contributed by atoms with Crippen molar-refractivity contribution >= 4 is 43.0 Å². The van der Waals surface area contributed by atoms with E-state index < -0.39 is 22.7 Å². The number of aliphatic hydroxyl groups is 1. The van der Waals surface area contributed by atoms with Crippen LogP contribution in [-0.2, 0) is 27.3 Å². The summed E-state index contributed by atoms with van der Waals surface area (Å²) in [6.45, 7) is 20.3. The quantitative estimate of drug-likeness (QED) is 0.147. The van der Waals surface area contributed by atoms with Gasteiger partial charge in [0.05, 0.1) is 17.6 Å². The Bertz CT molecular complexity index is 2410. The Morgan fingerprint density at radius 2 is 1.52 bits per heavy atom. The number of ether oxygens (including phenoxy) is 1. The Hall–Kier alpha value is -4.20. The number of aliphatic hydroxyl groups excluding tert-OH is 1. The Kier molecular flexibility index (Phi) is 7.64. The monoisotopic (exact) mass is 694 g/mol. The van der Waals surface area contributed by atoms with Crippen molar-refractivity contribution < 1.29 is 27.6 Å². The Balaban J connectivity index is 1.75. The zero-order valence-electron chi connectivity index (χ0n) is 30.1. The van der Waals surface area contributed by atoms with Crippen molar-refractivity contribution in [2.24, 2.45) is 0 Å². The summed E-state index contributed by atoms with van der Waals surface area (Å²) in [5.74, 6) is -0.236. The number of pyridine rings is 1. The molecule has 2 aromatic heterocycles. The minimum atomic E-state index is -4.67. The summed E-state index contributed by atoms with van der Waals surface area (Å²) >= 11 is 1.40. The molecule has 3 heterocycles. The molecule has 6 aromatic rings. The number of nitrogens with zero attached hydrogens (tertiary/aromatic N) is 1. The second-order valence-corrected chi connectivity index (χ2v) is 16.4. The predicted octanol–water partition coefficient (Wildman–Crippen LogP) is 11.8. The maximum atomic E-state index is 15.4. The fourth-order valence-corrected chi connectivity index (χ4v) is 10.3. The number of aryl methyl sites for hydroxylation is 3. The summed E-state index contributed by atoms with van der Waals surface area (Å²) in [6.07, 6.45) is -3.46. The van der Waals surface area contributed by atoms with Gasteiger partial charge in [-0.05, 0) is 94.1 Å². The molecule has 4 aromatic carbocycles. The van der Waals surface area contributed by atoms with E-state index in [1.807, 2.05) is 45.0 Å². The van der Waals surface area contributed by atoms with Gasteiger partial charge in [0.2, 0.25) is 11.2 Å². The molecule has 1 aliphatic rings. The molecule has 2 unspecified atom stereocenters. The molecule has 0 radical (unpaired) electrons. The molecule has 7 heteroatoms. The lowest BCUT2D eigenvalue weighted by atomic mass is 9.60. The van der Waals surface area contributed by atoms with Crippen LogP contribution in [0.5, 0.6) is 0 Å². The molecule has 0 spiro atoms. The first-order valence-electron chi connectivity index (χ1n) is 16.9. The molecule has 258 valence electrons. The summed E-state index contributed by atoms with van der Waals surface area (Å²) in [4.78, 5) is 0.813. The largest absolute Gasteiger partial charge is 0.506 e. The number of allylic oxidation sites excluding steroid dienone is 1. The smallest absolute Gasteiger partial charge is 0.422 e. The van der Waals surface area contributed by atoms with Crippen LogP contribution in [0.25, 0.3) is 53.3 Å². The summed E-state index contributed by atoms with van der Waals surface area (Å²) in [5.41, 5.74) is 3.63. The maximum Gasteiger partial charge on any atom is 0.422 e. The third kappa shape index (κ3) is 4.55. The third-order valence-corrected chi connectivity index (χ3v) is 12.7. The number of fused-ring (bicyclic) bond motifs is 8. The topological polar surface area (TPSA) is 33.3 Å². The molecule has 1 aliphatic heterocycles. The fourth-order valence-electron chi connectivity index (χ4n) is 8.73. The number of halogens is 3. The van der Waals surface area contributed by atoms with Crippen molar-refractivity contribution in [2.45, 2.75) is 77.9 Å². The highest BCUT2D eigenvalue weighted by molar-refractivity contribution is 7.23. The number of thiophene rings is 1. The minimum absolute atomic E-state index is 0.130. The summed E-state index contributed by atoms with van der Waals surface area (Å²) < 4.78 is 54.4. The molecular formula is C43H43F3NO2S+. The van der Waals surface area contributed by atoms with E-state index in [0.29, 0.717) is 16.0 Å². The van der Waals surface area contributed by atoms with Crippen LogP contribution >= 0.6 is 11.3 Å². The van der Waals surface area contributed by atoms with E-state index in [0.717, 1.165) is 59.8 Å². The van der Waals surface area contributed by atoms with Gasteiger partial charge in [-0.3, -0.25) is 0 Å². The zero-order chi connectivity index (χ0) is 36.3. The van der Waals surface area contributed by atoms with Gasteiger partial charge in [0, 0.05) is 24.3 Å². The number of hydrogen-bond acceptors (Lipinski definition) is 3. The van der Waals surface area contributed by atoms with E-state index in [2.05, 4.69) is 70.7 Å². The first kappa shape index (κ1) is 34.3. The SMILES string of the molecule is C=C(O)C1(C)[n+]2cc(C(F)(F)F)c3c(C)c(-c4c(C)cc5ccccc5c4C)sc3c2-c2cc(C(C)(C)C)c3ccccc3c2C1(C)COC. The molecule has 50 heavy (non-hydrogen) atoms. The molecule has 0 saturated carbocycles. The molecule has 2 atom stereocenters. The highest BCUT2D eigenvalue weighted by Gasteiger charge is 2.63. The number of alkyl halides is 3. The number of benzene rings is 4. The van der Waals surface area contributed by atoms with E-state index in [1.54, 1.807) is 18.6 Å². The zero-order valence-corrected chi connectivity index (χ0v) is 30.9. The summed E-state index contributed by atoms with van der Waals surface area (Å²) in [7, 11) is 1.59. The maximum absolute atomic E-state index is 15.4. The second kappa shape index (κ2) is 11.1.